The summed E-state index contributed by atoms with van der Waals surface area (Å²) in [6.45, 7) is 0. The van der Waals surface area contributed by atoms with Crippen LogP contribution in [-0.2, 0) is 10.0 Å². The number of nitrogens with one attached hydrogen (secondary N) is 2. The first-order valence-electron chi connectivity index (χ1n) is 6.89. The lowest BCUT2D eigenvalue weighted by molar-refractivity contribution is 0.414. The Balaban J connectivity index is 2.17. The summed E-state index contributed by atoms with van der Waals surface area (Å²) in [7, 11) is 0.737. The highest BCUT2D eigenvalue weighted by Crippen LogP contribution is 2.32. The van der Waals surface area contributed by atoms with Crippen LogP contribution < -0.4 is 10.3 Å². The number of fused-ring (bicyclic) bond motifs is 1. The fourth-order valence-electron chi connectivity index (χ4n) is 2.20. The average molecular weight is 349 g/mol. The molecule has 10 heteroatoms. The number of aromatic nitrogens is 4. The van der Waals surface area contributed by atoms with Crippen LogP contribution in [0.3, 0.4) is 0 Å². The molecule has 1 aromatic carbocycles. The Kier molecular flexibility index (Phi) is 3.85. The lowest BCUT2D eigenvalue weighted by Gasteiger charge is -2.13. The predicted molar refractivity (Wildman–Crippen MR) is 86.5 cm³/mol. The molecular formula is C14H15N5O4S. The summed E-state index contributed by atoms with van der Waals surface area (Å²) in [5, 5.41) is 4.99. The number of hydrogen-bond acceptors (Lipinski definition) is 6. The number of imidazole rings is 1. The minimum absolute atomic E-state index is 0.0930. The molecule has 0 fully saturated rings. The van der Waals surface area contributed by atoms with Gasteiger partial charge in [0.25, 0.3) is 5.56 Å². The first kappa shape index (κ1) is 16.1. The van der Waals surface area contributed by atoms with E-state index in [1.54, 1.807) is 6.07 Å². The molecule has 0 aromatic heterocycles. The zero-order chi connectivity index (χ0) is 17.5. The Hall–Kier alpha value is -2.72. The fourth-order valence-corrected chi connectivity index (χ4v) is 3.12. The Bertz CT molecular complexity index is 1020. The van der Waals surface area contributed by atoms with E-state index in [9.17, 15) is 13.2 Å². The molecule has 2 N–H and O–H groups in total. The van der Waals surface area contributed by atoms with Crippen LogP contribution in [0.5, 0.6) is 5.75 Å². The molecule has 0 atom stereocenters. The number of benzene rings is 1. The third kappa shape index (κ3) is 2.55. The molecule has 0 radical (unpaired) electrons. The quantitative estimate of drug-likeness (QED) is 0.708. The molecule has 1 aromatic rings. The summed E-state index contributed by atoms with van der Waals surface area (Å²) in [5.41, 5.74) is 0.694. The zero-order valence-corrected chi connectivity index (χ0v) is 14.0. The molecule has 2 aliphatic rings. The van der Waals surface area contributed by atoms with Crippen molar-refractivity contribution in [2.75, 3.05) is 21.2 Å². The molecule has 126 valence electrons. The van der Waals surface area contributed by atoms with E-state index in [2.05, 4.69) is 20.2 Å². The SMILES string of the molecule is COc1cc(S(=O)(=O)N(C)C)ccc1-c1nc2c[nH][nH]c(=O)c-2n1. The fraction of sp³-hybridized carbons (Fsp3) is 0.214. The lowest BCUT2D eigenvalue weighted by atomic mass is 10.2. The standard InChI is InChI=1S/C14H15N5O4S/c1-19(2)24(21,22)8-4-5-9(11(6-8)23-3)13-16-10-7-15-18-14(20)12(10)17-13/h4-7,15H,1-3H3,(H,18,20). The second kappa shape index (κ2) is 5.73. The summed E-state index contributed by atoms with van der Waals surface area (Å²) in [4.78, 5) is 20.3. The first-order chi connectivity index (χ1) is 11.3. The van der Waals surface area contributed by atoms with Gasteiger partial charge in [0.05, 0.1) is 17.6 Å². The summed E-state index contributed by atoms with van der Waals surface area (Å²) in [6.07, 6.45) is 1.52. The van der Waals surface area contributed by atoms with Crippen molar-refractivity contribution < 1.29 is 13.2 Å². The van der Waals surface area contributed by atoms with Crippen molar-refractivity contribution in [2.24, 2.45) is 0 Å². The van der Waals surface area contributed by atoms with Gasteiger partial charge in [0.2, 0.25) is 10.0 Å². The summed E-state index contributed by atoms with van der Waals surface area (Å²) < 4.78 is 30.8. The topological polar surface area (TPSA) is 121 Å². The van der Waals surface area contributed by atoms with Gasteiger partial charge in [-0.3, -0.25) is 9.89 Å². The molecule has 0 spiro atoms. The van der Waals surface area contributed by atoms with Gasteiger partial charge in [-0.2, -0.15) is 0 Å². The third-order valence-corrected chi connectivity index (χ3v) is 5.30. The predicted octanol–water partition coefficient (Wildman–Crippen LogP) is 0.524. The van der Waals surface area contributed by atoms with Gasteiger partial charge in [0.1, 0.15) is 11.4 Å². The molecule has 2 heterocycles. The summed E-state index contributed by atoms with van der Waals surface area (Å²) >= 11 is 0. The normalized spacial score (nSPS) is 12.0. The smallest absolute Gasteiger partial charge is 0.290 e. The molecule has 2 aliphatic heterocycles. The molecule has 0 bridgehead atoms. The van der Waals surface area contributed by atoms with Crippen LogP contribution in [0.25, 0.3) is 22.8 Å². The van der Waals surface area contributed by atoms with Gasteiger partial charge >= 0.3 is 0 Å². The van der Waals surface area contributed by atoms with Crippen LogP contribution in [0.4, 0.5) is 0 Å². The van der Waals surface area contributed by atoms with E-state index < -0.39 is 15.6 Å². The largest absolute Gasteiger partial charge is 0.496 e. The third-order valence-electron chi connectivity index (χ3n) is 3.49. The van der Waals surface area contributed by atoms with E-state index in [1.807, 2.05) is 0 Å². The number of nitrogens with zero attached hydrogens (tertiary/aromatic N) is 3. The van der Waals surface area contributed by atoms with E-state index in [0.29, 0.717) is 17.0 Å². The number of hydrogen-bond donors (Lipinski definition) is 2. The van der Waals surface area contributed by atoms with Gasteiger partial charge in [-0.05, 0) is 12.1 Å². The Morgan fingerprint density at radius 3 is 2.58 bits per heavy atom. The monoisotopic (exact) mass is 349 g/mol. The van der Waals surface area contributed by atoms with Crippen molar-refractivity contribution in [3.63, 3.8) is 0 Å². The number of sulfonamides is 1. The van der Waals surface area contributed by atoms with Crippen LogP contribution in [0.15, 0.2) is 34.1 Å². The van der Waals surface area contributed by atoms with Gasteiger partial charge in [0, 0.05) is 26.4 Å². The molecule has 0 saturated heterocycles. The van der Waals surface area contributed by atoms with Gasteiger partial charge < -0.3 is 9.84 Å². The van der Waals surface area contributed by atoms with E-state index in [-0.39, 0.29) is 16.4 Å². The Labute approximate surface area is 137 Å². The van der Waals surface area contributed by atoms with Crippen molar-refractivity contribution in [1.29, 1.82) is 0 Å². The van der Waals surface area contributed by atoms with Crippen LogP contribution >= 0.6 is 0 Å². The van der Waals surface area contributed by atoms with Gasteiger partial charge in [0.15, 0.2) is 11.5 Å². The van der Waals surface area contributed by atoms with Crippen molar-refractivity contribution in [1.82, 2.24) is 24.5 Å². The van der Waals surface area contributed by atoms with Gasteiger partial charge in [-0.25, -0.2) is 22.7 Å². The highest BCUT2D eigenvalue weighted by atomic mass is 32.2. The van der Waals surface area contributed by atoms with Crippen LogP contribution in [0, 0.1) is 0 Å². The van der Waals surface area contributed by atoms with E-state index >= 15 is 0 Å². The molecule has 0 amide bonds. The van der Waals surface area contributed by atoms with Crippen LogP contribution in [0.1, 0.15) is 0 Å². The number of rotatable bonds is 4. The zero-order valence-electron chi connectivity index (χ0n) is 13.2. The molecule has 3 rings (SSSR count). The Morgan fingerprint density at radius 2 is 1.96 bits per heavy atom. The highest BCUT2D eigenvalue weighted by molar-refractivity contribution is 7.89. The second-order valence-corrected chi connectivity index (χ2v) is 7.33. The van der Waals surface area contributed by atoms with E-state index in [4.69, 9.17) is 4.74 Å². The number of ether oxygens (including phenoxy) is 1. The van der Waals surface area contributed by atoms with Crippen molar-refractivity contribution in [3.8, 4) is 28.5 Å². The van der Waals surface area contributed by atoms with E-state index in [1.165, 1.54) is 39.5 Å². The maximum Gasteiger partial charge on any atom is 0.290 e. The van der Waals surface area contributed by atoms with Gasteiger partial charge in [-0.15, -0.1) is 0 Å². The summed E-state index contributed by atoms with van der Waals surface area (Å²) in [5.74, 6) is 0.578. The molecule has 0 aliphatic carbocycles. The minimum atomic E-state index is -3.59. The maximum atomic E-state index is 12.2. The Morgan fingerprint density at radius 1 is 1.21 bits per heavy atom. The minimum Gasteiger partial charge on any atom is -0.496 e. The maximum absolute atomic E-state index is 12.2. The molecule has 9 nitrogen and oxygen atoms in total. The van der Waals surface area contributed by atoms with Gasteiger partial charge in [-0.1, -0.05) is 0 Å². The van der Waals surface area contributed by atoms with Crippen LogP contribution in [-0.4, -0.2) is 54.1 Å². The number of H-pyrrole nitrogens is 2. The second-order valence-electron chi connectivity index (χ2n) is 5.17. The lowest BCUT2D eigenvalue weighted by Crippen LogP contribution is -2.22. The van der Waals surface area contributed by atoms with Crippen molar-refractivity contribution in [2.45, 2.75) is 4.90 Å². The van der Waals surface area contributed by atoms with Crippen LogP contribution in [0.2, 0.25) is 0 Å². The molecule has 24 heavy (non-hydrogen) atoms. The molecule has 0 saturated carbocycles. The van der Waals surface area contributed by atoms with Crippen molar-refractivity contribution >= 4 is 10.0 Å². The summed E-state index contributed by atoms with van der Waals surface area (Å²) in [6, 6.07) is 4.41. The molecule has 0 unspecified atom stereocenters. The average Bonchev–Trinajstić information content (AvgIpc) is 2.99. The highest BCUT2D eigenvalue weighted by Gasteiger charge is 2.22. The van der Waals surface area contributed by atoms with E-state index in [0.717, 1.165) is 4.31 Å². The first-order valence-corrected chi connectivity index (χ1v) is 8.33. The number of methoxy groups -OCH3 is 1. The van der Waals surface area contributed by atoms with Crippen molar-refractivity contribution in [3.05, 3.63) is 34.7 Å². The molecular weight excluding hydrogens is 334 g/mol. The number of aromatic amines is 2.